The van der Waals surface area contributed by atoms with Crippen molar-refractivity contribution in [2.75, 3.05) is 6.54 Å². The molecule has 1 fully saturated rings. The lowest BCUT2D eigenvalue weighted by Gasteiger charge is -2.21. The molecule has 3 rings (SSSR count). The largest absolute Gasteiger partial charge is 0.439 e. The second-order valence-corrected chi connectivity index (χ2v) is 7.40. The summed E-state index contributed by atoms with van der Waals surface area (Å²) < 4.78 is 57.8. The van der Waals surface area contributed by atoms with E-state index in [1.165, 1.54) is 6.92 Å². The van der Waals surface area contributed by atoms with Gasteiger partial charge in [0.05, 0.1) is 17.6 Å². The molecule has 162 valence electrons. The maximum Gasteiger partial charge on any atom is 0.419 e. The van der Waals surface area contributed by atoms with Crippen molar-refractivity contribution in [1.29, 1.82) is 0 Å². The number of hydrogen-bond donors (Lipinski definition) is 1. The molecule has 1 aromatic carbocycles. The normalized spacial score (nSPS) is 24.3. The van der Waals surface area contributed by atoms with Crippen LogP contribution in [0.25, 0.3) is 0 Å². The van der Waals surface area contributed by atoms with Gasteiger partial charge in [-0.15, -0.1) is 0 Å². The van der Waals surface area contributed by atoms with E-state index in [9.17, 15) is 27.2 Å². The number of alkyl halides is 3. The van der Waals surface area contributed by atoms with Crippen LogP contribution in [0, 0.1) is 5.82 Å². The van der Waals surface area contributed by atoms with E-state index in [0.717, 1.165) is 27.8 Å². The number of halogens is 4. The molecule has 0 spiro atoms. The lowest BCUT2D eigenvalue weighted by atomic mass is 10.0. The maximum absolute atomic E-state index is 13.7. The SMILES string of the molecule is CC1=NC(C)C(C)=C1CNC(=O)N1C(=O)O[C@H](c2cc(F)cc(C(F)(F)F)c2)[C@@H]1C. The van der Waals surface area contributed by atoms with E-state index in [1.54, 1.807) is 0 Å². The molecule has 1 N–H and O–H groups in total. The van der Waals surface area contributed by atoms with Gasteiger partial charge in [0.2, 0.25) is 0 Å². The zero-order valence-corrected chi connectivity index (χ0v) is 16.8. The molecule has 2 heterocycles. The third-order valence-corrected chi connectivity index (χ3v) is 5.41. The van der Waals surface area contributed by atoms with Crippen LogP contribution in [-0.4, -0.2) is 41.4 Å². The Balaban J connectivity index is 1.77. The number of carbonyl (C=O) groups excluding carboxylic acids is 2. The van der Waals surface area contributed by atoms with Crippen molar-refractivity contribution in [3.05, 3.63) is 46.3 Å². The van der Waals surface area contributed by atoms with Gasteiger partial charge in [-0.2, -0.15) is 13.2 Å². The van der Waals surface area contributed by atoms with Gasteiger partial charge in [0.25, 0.3) is 0 Å². The highest BCUT2D eigenvalue weighted by molar-refractivity contribution is 6.02. The van der Waals surface area contributed by atoms with Gasteiger partial charge in [-0.3, -0.25) is 4.99 Å². The lowest BCUT2D eigenvalue weighted by molar-refractivity contribution is -0.137. The van der Waals surface area contributed by atoms with Gasteiger partial charge in [-0.25, -0.2) is 18.9 Å². The Morgan fingerprint density at radius 2 is 1.90 bits per heavy atom. The van der Waals surface area contributed by atoms with Crippen molar-refractivity contribution in [1.82, 2.24) is 10.2 Å². The first-order chi connectivity index (χ1) is 13.9. The molecular weight excluding hydrogens is 406 g/mol. The summed E-state index contributed by atoms with van der Waals surface area (Å²) in [4.78, 5) is 30.0. The Hall–Kier alpha value is -2.91. The molecule has 0 bridgehead atoms. The third kappa shape index (κ3) is 4.03. The van der Waals surface area contributed by atoms with Crippen LogP contribution in [0.1, 0.15) is 44.9 Å². The summed E-state index contributed by atoms with van der Waals surface area (Å²) in [6.07, 6.45) is -7.00. The van der Waals surface area contributed by atoms with Crippen molar-refractivity contribution < 1.29 is 31.9 Å². The second kappa shape index (κ2) is 7.73. The third-order valence-electron chi connectivity index (χ3n) is 5.41. The predicted molar refractivity (Wildman–Crippen MR) is 101 cm³/mol. The molecule has 1 saturated heterocycles. The summed E-state index contributed by atoms with van der Waals surface area (Å²) in [6.45, 7) is 7.23. The number of benzene rings is 1. The summed E-state index contributed by atoms with van der Waals surface area (Å²) >= 11 is 0. The van der Waals surface area contributed by atoms with Crippen LogP contribution in [0.3, 0.4) is 0 Å². The highest BCUT2D eigenvalue weighted by Crippen LogP contribution is 2.37. The summed E-state index contributed by atoms with van der Waals surface area (Å²) in [7, 11) is 0. The minimum absolute atomic E-state index is 0.00719. The Bertz CT molecular complexity index is 955. The van der Waals surface area contributed by atoms with Gasteiger partial charge in [0, 0.05) is 12.3 Å². The fourth-order valence-corrected chi connectivity index (χ4v) is 3.64. The number of cyclic esters (lactones) is 1. The van der Waals surface area contributed by atoms with Crippen LogP contribution >= 0.6 is 0 Å². The highest BCUT2D eigenvalue weighted by atomic mass is 19.4. The quantitative estimate of drug-likeness (QED) is 0.716. The standard InChI is InChI=1S/C20H21F4N3O3/c1-9-10(2)26-11(3)16(9)8-25-18(28)27-12(4)17(30-19(27)29)13-5-14(20(22,23)24)7-15(21)6-13/h5-7,10,12,17H,8H2,1-4H3,(H,25,28)/t10?,12-,17-/m0/s1. The Labute approximate surface area is 170 Å². The summed E-state index contributed by atoms with van der Waals surface area (Å²) in [5.41, 5.74) is 1.27. The van der Waals surface area contributed by atoms with Crippen molar-refractivity contribution >= 4 is 17.8 Å². The van der Waals surface area contributed by atoms with E-state index in [-0.39, 0.29) is 18.2 Å². The van der Waals surface area contributed by atoms with Crippen LogP contribution in [0.4, 0.5) is 27.2 Å². The second-order valence-electron chi connectivity index (χ2n) is 7.40. The van der Waals surface area contributed by atoms with Gasteiger partial charge < -0.3 is 10.1 Å². The number of nitrogens with zero attached hydrogens (tertiary/aromatic N) is 2. The molecule has 3 amide bonds. The molecule has 1 aromatic rings. The Kier molecular flexibility index (Phi) is 5.62. The molecule has 0 aliphatic carbocycles. The molecule has 1 unspecified atom stereocenters. The number of hydrogen-bond acceptors (Lipinski definition) is 4. The monoisotopic (exact) mass is 427 g/mol. The average molecular weight is 427 g/mol. The van der Waals surface area contributed by atoms with Gasteiger partial charge in [0.15, 0.2) is 0 Å². The average Bonchev–Trinajstić information content (AvgIpc) is 3.06. The van der Waals surface area contributed by atoms with Gasteiger partial charge >= 0.3 is 18.3 Å². The molecule has 2 aliphatic heterocycles. The predicted octanol–water partition coefficient (Wildman–Crippen LogP) is 4.62. The molecule has 6 nitrogen and oxygen atoms in total. The number of nitrogens with one attached hydrogen (secondary N) is 1. The Morgan fingerprint density at radius 3 is 2.47 bits per heavy atom. The zero-order chi connectivity index (χ0) is 22.4. The van der Waals surface area contributed by atoms with Crippen molar-refractivity contribution in [3.63, 3.8) is 0 Å². The number of rotatable bonds is 3. The van der Waals surface area contributed by atoms with E-state index in [0.29, 0.717) is 12.1 Å². The first kappa shape index (κ1) is 21.8. The fraction of sp³-hybridized carbons (Fsp3) is 0.450. The minimum Gasteiger partial charge on any atom is -0.439 e. The highest BCUT2D eigenvalue weighted by Gasteiger charge is 2.44. The maximum atomic E-state index is 13.7. The first-order valence-corrected chi connectivity index (χ1v) is 9.30. The topological polar surface area (TPSA) is 71.0 Å². The van der Waals surface area contributed by atoms with E-state index in [4.69, 9.17) is 4.74 Å². The molecule has 3 atom stereocenters. The van der Waals surface area contributed by atoms with Crippen LogP contribution < -0.4 is 5.32 Å². The van der Waals surface area contributed by atoms with E-state index < -0.39 is 41.8 Å². The molecule has 30 heavy (non-hydrogen) atoms. The van der Waals surface area contributed by atoms with Crippen LogP contribution in [-0.2, 0) is 10.9 Å². The van der Waals surface area contributed by atoms with Crippen LogP contribution in [0.2, 0.25) is 0 Å². The van der Waals surface area contributed by atoms with Crippen LogP contribution in [0.15, 0.2) is 34.3 Å². The number of aliphatic imine (C=N–C) groups is 1. The number of ether oxygens (including phenoxy) is 1. The van der Waals surface area contributed by atoms with Gasteiger partial charge in [-0.1, -0.05) is 0 Å². The van der Waals surface area contributed by atoms with Gasteiger partial charge in [0.1, 0.15) is 11.9 Å². The fourth-order valence-electron chi connectivity index (χ4n) is 3.64. The smallest absolute Gasteiger partial charge is 0.419 e. The molecular formula is C20H21F4N3O3. The number of amides is 3. The van der Waals surface area contributed by atoms with Crippen molar-refractivity contribution in [3.8, 4) is 0 Å². The minimum atomic E-state index is -4.76. The van der Waals surface area contributed by atoms with Crippen molar-refractivity contribution in [2.24, 2.45) is 4.99 Å². The summed E-state index contributed by atoms with van der Waals surface area (Å²) in [5.74, 6) is -1.11. The molecule has 0 radical (unpaired) electrons. The number of imide groups is 1. The number of carbonyl (C=O) groups is 2. The molecule has 0 aromatic heterocycles. The summed E-state index contributed by atoms with van der Waals surface area (Å²) in [5, 5.41) is 2.62. The molecule has 10 heteroatoms. The van der Waals surface area contributed by atoms with Crippen LogP contribution in [0.5, 0.6) is 0 Å². The molecule has 2 aliphatic rings. The number of urea groups is 1. The van der Waals surface area contributed by atoms with E-state index in [1.807, 2.05) is 20.8 Å². The zero-order valence-electron chi connectivity index (χ0n) is 16.8. The lowest BCUT2D eigenvalue weighted by Crippen LogP contribution is -2.45. The Morgan fingerprint density at radius 1 is 1.23 bits per heavy atom. The molecule has 0 saturated carbocycles. The summed E-state index contributed by atoms with van der Waals surface area (Å²) in [6, 6.07) is 0.250. The van der Waals surface area contributed by atoms with E-state index in [2.05, 4.69) is 10.3 Å². The van der Waals surface area contributed by atoms with Crippen molar-refractivity contribution in [2.45, 2.75) is 52.1 Å². The first-order valence-electron chi connectivity index (χ1n) is 9.30. The van der Waals surface area contributed by atoms with Gasteiger partial charge in [-0.05, 0) is 62.6 Å². The van der Waals surface area contributed by atoms with E-state index >= 15 is 0 Å².